The van der Waals surface area contributed by atoms with Gasteiger partial charge in [-0.15, -0.1) is 12.4 Å². The molecular weight excluding hydrogens is 412 g/mol. The SMILES string of the molecule is CCCCc1ccc(Nc2c(C(=O)N3CCOCC3)cnc3nc(C)ccc23)cc1.Cl. The number of rotatable bonds is 6. The second kappa shape index (κ2) is 10.6. The Morgan fingerprint density at radius 1 is 1.13 bits per heavy atom. The summed E-state index contributed by atoms with van der Waals surface area (Å²) in [6, 6.07) is 12.4. The van der Waals surface area contributed by atoms with Gasteiger partial charge in [-0.1, -0.05) is 25.5 Å². The highest BCUT2D eigenvalue weighted by Crippen LogP contribution is 2.30. The summed E-state index contributed by atoms with van der Waals surface area (Å²) >= 11 is 0. The first kappa shape index (κ1) is 23.0. The van der Waals surface area contributed by atoms with Crippen molar-refractivity contribution in [2.75, 3.05) is 31.6 Å². The number of carbonyl (C=O) groups excluding carboxylic acids is 1. The van der Waals surface area contributed by atoms with Gasteiger partial charge in [0, 0.05) is 36.1 Å². The van der Waals surface area contributed by atoms with E-state index >= 15 is 0 Å². The summed E-state index contributed by atoms with van der Waals surface area (Å²) in [4.78, 5) is 24.1. The number of anilines is 2. The molecule has 0 saturated carbocycles. The molecule has 31 heavy (non-hydrogen) atoms. The number of aryl methyl sites for hydroxylation is 2. The third-order valence-electron chi connectivity index (χ3n) is 5.44. The van der Waals surface area contributed by atoms with Crippen LogP contribution in [0.3, 0.4) is 0 Å². The van der Waals surface area contributed by atoms with E-state index in [4.69, 9.17) is 4.74 Å². The Hall–Kier alpha value is -2.70. The molecule has 164 valence electrons. The van der Waals surface area contributed by atoms with Crippen LogP contribution in [0.25, 0.3) is 11.0 Å². The van der Waals surface area contributed by atoms with E-state index in [1.54, 1.807) is 6.20 Å². The topological polar surface area (TPSA) is 67.4 Å². The first-order valence-corrected chi connectivity index (χ1v) is 10.6. The van der Waals surface area contributed by atoms with Gasteiger partial charge >= 0.3 is 0 Å². The predicted octanol–water partition coefficient (Wildman–Crippen LogP) is 4.92. The molecule has 7 heteroatoms. The number of pyridine rings is 2. The molecule has 1 aromatic carbocycles. The minimum Gasteiger partial charge on any atom is -0.378 e. The van der Waals surface area contributed by atoms with Crippen molar-refractivity contribution in [1.82, 2.24) is 14.9 Å². The van der Waals surface area contributed by atoms with E-state index in [0.717, 1.165) is 28.9 Å². The molecule has 1 aliphatic rings. The fourth-order valence-electron chi connectivity index (χ4n) is 3.69. The van der Waals surface area contributed by atoms with Crippen molar-refractivity contribution in [2.24, 2.45) is 0 Å². The highest BCUT2D eigenvalue weighted by molar-refractivity contribution is 6.07. The second-order valence-electron chi connectivity index (χ2n) is 7.70. The van der Waals surface area contributed by atoms with Crippen LogP contribution in [0.15, 0.2) is 42.6 Å². The summed E-state index contributed by atoms with van der Waals surface area (Å²) in [5.41, 5.74) is 5.11. The van der Waals surface area contributed by atoms with Crippen LogP contribution >= 0.6 is 12.4 Å². The lowest BCUT2D eigenvalue weighted by Crippen LogP contribution is -2.41. The third kappa shape index (κ3) is 5.32. The number of morpholine rings is 1. The van der Waals surface area contributed by atoms with E-state index < -0.39 is 0 Å². The molecule has 4 rings (SSSR count). The summed E-state index contributed by atoms with van der Waals surface area (Å²) in [6.07, 6.45) is 5.09. The highest BCUT2D eigenvalue weighted by atomic mass is 35.5. The Morgan fingerprint density at radius 3 is 2.58 bits per heavy atom. The zero-order valence-corrected chi connectivity index (χ0v) is 18.9. The number of benzene rings is 1. The van der Waals surface area contributed by atoms with Gasteiger partial charge in [0.25, 0.3) is 5.91 Å². The molecule has 1 fully saturated rings. The lowest BCUT2D eigenvalue weighted by atomic mass is 10.1. The van der Waals surface area contributed by atoms with Crippen molar-refractivity contribution in [1.29, 1.82) is 0 Å². The molecule has 1 aliphatic heterocycles. The van der Waals surface area contributed by atoms with Crippen LogP contribution < -0.4 is 5.32 Å². The molecule has 3 heterocycles. The quantitative estimate of drug-likeness (QED) is 0.589. The molecule has 0 aliphatic carbocycles. The first-order chi connectivity index (χ1) is 14.7. The maximum Gasteiger partial charge on any atom is 0.257 e. The molecule has 3 aromatic rings. The number of hydrogen-bond acceptors (Lipinski definition) is 5. The lowest BCUT2D eigenvalue weighted by Gasteiger charge is -2.27. The molecule has 1 N–H and O–H groups in total. The summed E-state index contributed by atoms with van der Waals surface area (Å²) in [5, 5.41) is 4.32. The molecule has 1 saturated heterocycles. The smallest absolute Gasteiger partial charge is 0.257 e. The van der Waals surface area contributed by atoms with E-state index in [2.05, 4.69) is 46.5 Å². The van der Waals surface area contributed by atoms with Crippen LogP contribution in [0.5, 0.6) is 0 Å². The molecule has 0 bridgehead atoms. The Morgan fingerprint density at radius 2 is 1.87 bits per heavy atom. The van der Waals surface area contributed by atoms with Crippen molar-refractivity contribution in [3.05, 3.63) is 59.4 Å². The second-order valence-corrected chi connectivity index (χ2v) is 7.70. The number of carbonyl (C=O) groups is 1. The van der Waals surface area contributed by atoms with E-state index in [1.165, 1.54) is 18.4 Å². The van der Waals surface area contributed by atoms with Crippen molar-refractivity contribution in [3.63, 3.8) is 0 Å². The number of ether oxygens (including phenoxy) is 1. The van der Waals surface area contributed by atoms with Gasteiger partial charge in [0.1, 0.15) is 0 Å². The number of fused-ring (bicyclic) bond motifs is 1. The number of nitrogens with one attached hydrogen (secondary N) is 1. The zero-order chi connectivity index (χ0) is 20.9. The Kier molecular flexibility index (Phi) is 7.82. The summed E-state index contributed by atoms with van der Waals surface area (Å²) in [7, 11) is 0. The van der Waals surface area contributed by atoms with Gasteiger partial charge in [-0.05, 0) is 49.6 Å². The Labute approximate surface area is 189 Å². The fraction of sp³-hybridized carbons (Fsp3) is 0.375. The molecule has 0 atom stereocenters. The van der Waals surface area contributed by atoms with Crippen molar-refractivity contribution in [2.45, 2.75) is 33.1 Å². The van der Waals surface area contributed by atoms with E-state index in [0.29, 0.717) is 37.5 Å². The molecular formula is C24H29ClN4O2. The molecule has 0 radical (unpaired) electrons. The summed E-state index contributed by atoms with van der Waals surface area (Å²) in [6.45, 7) is 6.46. The zero-order valence-electron chi connectivity index (χ0n) is 18.1. The highest BCUT2D eigenvalue weighted by Gasteiger charge is 2.23. The molecule has 2 aromatic heterocycles. The van der Waals surface area contributed by atoms with E-state index in [9.17, 15) is 4.79 Å². The minimum atomic E-state index is -0.0321. The largest absolute Gasteiger partial charge is 0.378 e. The minimum absolute atomic E-state index is 0. The Bertz CT molecular complexity index is 1030. The summed E-state index contributed by atoms with van der Waals surface area (Å²) in [5.74, 6) is -0.0321. The normalized spacial score (nSPS) is 13.7. The van der Waals surface area contributed by atoms with Crippen LogP contribution in [0.4, 0.5) is 11.4 Å². The monoisotopic (exact) mass is 440 g/mol. The number of hydrogen-bond donors (Lipinski definition) is 1. The summed E-state index contributed by atoms with van der Waals surface area (Å²) < 4.78 is 5.40. The molecule has 0 unspecified atom stereocenters. The standard InChI is InChI=1S/C24H28N4O2.ClH/c1-3-4-5-18-7-9-19(10-8-18)27-22-20-11-6-17(2)26-23(20)25-16-21(22)24(29)28-12-14-30-15-13-28;/h6-11,16H,3-5,12-15H2,1-2H3,(H,25,26,27);1H. The van der Waals surface area contributed by atoms with Gasteiger partial charge in [0.15, 0.2) is 5.65 Å². The van der Waals surface area contributed by atoms with E-state index in [-0.39, 0.29) is 18.3 Å². The number of aromatic nitrogens is 2. The van der Waals surface area contributed by atoms with Gasteiger partial charge in [-0.25, -0.2) is 9.97 Å². The molecule has 1 amide bonds. The maximum atomic E-state index is 13.3. The predicted molar refractivity (Wildman–Crippen MR) is 127 cm³/mol. The Balaban J connectivity index is 0.00000272. The van der Waals surface area contributed by atoms with Crippen LogP contribution in [-0.2, 0) is 11.2 Å². The third-order valence-corrected chi connectivity index (χ3v) is 5.44. The van der Waals surface area contributed by atoms with Crippen LogP contribution in [0.2, 0.25) is 0 Å². The number of nitrogens with zero attached hydrogens (tertiary/aromatic N) is 3. The molecule has 0 spiro atoms. The lowest BCUT2D eigenvalue weighted by molar-refractivity contribution is 0.0303. The van der Waals surface area contributed by atoms with Crippen molar-refractivity contribution < 1.29 is 9.53 Å². The number of amides is 1. The first-order valence-electron chi connectivity index (χ1n) is 10.6. The van der Waals surface area contributed by atoms with Crippen molar-refractivity contribution >= 4 is 40.7 Å². The van der Waals surface area contributed by atoms with Gasteiger partial charge in [0.05, 0.1) is 24.5 Å². The average molecular weight is 441 g/mol. The van der Waals surface area contributed by atoms with E-state index in [1.807, 2.05) is 24.0 Å². The van der Waals surface area contributed by atoms with Crippen molar-refractivity contribution in [3.8, 4) is 0 Å². The fourth-order valence-corrected chi connectivity index (χ4v) is 3.69. The van der Waals surface area contributed by atoms with Gasteiger partial charge in [-0.3, -0.25) is 4.79 Å². The molecule has 6 nitrogen and oxygen atoms in total. The number of unbranched alkanes of at least 4 members (excludes halogenated alkanes) is 1. The van der Waals surface area contributed by atoms with Gasteiger partial charge in [0.2, 0.25) is 0 Å². The maximum absolute atomic E-state index is 13.3. The van der Waals surface area contributed by atoms with Crippen LogP contribution in [0.1, 0.15) is 41.4 Å². The van der Waals surface area contributed by atoms with Gasteiger partial charge in [-0.2, -0.15) is 0 Å². The average Bonchev–Trinajstić information content (AvgIpc) is 2.78. The van der Waals surface area contributed by atoms with Crippen LogP contribution in [-0.4, -0.2) is 47.1 Å². The number of halogens is 1. The van der Waals surface area contributed by atoms with Crippen LogP contribution in [0, 0.1) is 6.92 Å². The van der Waals surface area contributed by atoms with Gasteiger partial charge < -0.3 is 15.0 Å².